The second-order valence-electron chi connectivity index (χ2n) is 3.88. The fourth-order valence-electron chi connectivity index (χ4n) is 2.08. The van der Waals surface area contributed by atoms with Crippen LogP contribution in [0.15, 0.2) is 48.5 Å². The van der Waals surface area contributed by atoms with Gasteiger partial charge in [0, 0.05) is 0 Å². The molecule has 1 heterocycles. The van der Waals surface area contributed by atoms with Crippen molar-refractivity contribution in [3.8, 4) is 11.1 Å². The number of hydrogen-bond acceptors (Lipinski definition) is 3. The van der Waals surface area contributed by atoms with Crippen molar-refractivity contribution >= 4 is 11.8 Å². The van der Waals surface area contributed by atoms with Crippen molar-refractivity contribution in [2.24, 2.45) is 0 Å². The smallest absolute Gasteiger partial charge is 0.259 e. The van der Waals surface area contributed by atoms with E-state index in [0.29, 0.717) is 11.1 Å². The summed E-state index contributed by atoms with van der Waals surface area (Å²) in [4.78, 5) is 23.3. The fraction of sp³-hybridized carbons (Fsp3) is 0. The average Bonchev–Trinajstić information content (AvgIpc) is 2.66. The van der Waals surface area contributed by atoms with Gasteiger partial charge >= 0.3 is 0 Å². The van der Waals surface area contributed by atoms with E-state index in [1.165, 1.54) is 0 Å². The van der Waals surface area contributed by atoms with Crippen molar-refractivity contribution < 1.29 is 9.59 Å². The van der Waals surface area contributed by atoms with E-state index in [1.54, 1.807) is 12.1 Å². The maximum atomic E-state index is 11.7. The number of benzene rings is 2. The molecule has 3 rings (SSSR count). The van der Waals surface area contributed by atoms with E-state index in [-0.39, 0.29) is 18.0 Å². The Bertz CT molecular complexity index is 621. The van der Waals surface area contributed by atoms with E-state index in [1.807, 2.05) is 36.4 Å². The average molecular weight is 240 g/mol. The number of carbonyl (C=O) groups excluding carboxylic acids is 2. The van der Waals surface area contributed by atoms with Gasteiger partial charge in [-0.05, 0) is 17.2 Å². The van der Waals surface area contributed by atoms with Gasteiger partial charge in [-0.3, -0.25) is 14.9 Å². The van der Waals surface area contributed by atoms with Crippen LogP contribution in [0, 0.1) is 0 Å². The molecule has 4 N–H and O–H groups in total. The Labute approximate surface area is 104 Å². The first-order valence-corrected chi connectivity index (χ1v) is 5.31. The van der Waals surface area contributed by atoms with Gasteiger partial charge < -0.3 is 6.15 Å². The lowest BCUT2D eigenvalue weighted by Gasteiger charge is -2.05. The quantitative estimate of drug-likeness (QED) is 0.751. The SMILES string of the molecule is N.O=C1NC(=O)c2c1cccc2-c1ccccc1. The Morgan fingerprint density at radius 1 is 0.722 bits per heavy atom. The Morgan fingerprint density at radius 2 is 1.39 bits per heavy atom. The lowest BCUT2D eigenvalue weighted by Crippen LogP contribution is -2.20. The summed E-state index contributed by atoms with van der Waals surface area (Å²) < 4.78 is 0. The van der Waals surface area contributed by atoms with Crippen molar-refractivity contribution in [3.05, 3.63) is 59.7 Å². The van der Waals surface area contributed by atoms with Crippen LogP contribution in [0.2, 0.25) is 0 Å². The van der Waals surface area contributed by atoms with Crippen LogP contribution in [0.5, 0.6) is 0 Å². The molecule has 1 aliphatic heterocycles. The van der Waals surface area contributed by atoms with Gasteiger partial charge in [-0.15, -0.1) is 0 Å². The van der Waals surface area contributed by atoms with Gasteiger partial charge in [0.2, 0.25) is 0 Å². The molecule has 2 amide bonds. The Morgan fingerprint density at radius 3 is 2.11 bits per heavy atom. The number of amides is 2. The number of rotatable bonds is 1. The van der Waals surface area contributed by atoms with Crippen LogP contribution < -0.4 is 11.5 Å². The van der Waals surface area contributed by atoms with Gasteiger partial charge in [-0.1, -0.05) is 42.5 Å². The van der Waals surface area contributed by atoms with Crippen molar-refractivity contribution in [3.63, 3.8) is 0 Å². The third kappa shape index (κ3) is 1.69. The summed E-state index contributed by atoms with van der Waals surface area (Å²) in [6, 6.07) is 14.9. The first-order valence-electron chi connectivity index (χ1n) is 5.31. The predicted octanol–water partition coefficient (Wildman–Crippen LogP) is 2.40. The van der Waals surface area contributed by atoms with Crippen molar-refractivity contribution in [2.75, 3.05) is 0 Å². The zero-order valence-corrected chi connectivity index (χ0v) is 9.64. The van der Waals surface area contributed by atoms with Crippen molar-refractivity contribution in [1.29, 1.82) is 0 Å². The minimum Gasteiger partial charge on any atom is -0.344 e. The molecule has 0 saturated carbocycles. The number of hydrogen-bond donors (Lipinski definition) is 2. The summed E-state index contributed by atoms with van der Waals surface area (Å²) in [6.07, 6.45) is 0. The standard InChI is InChI=1S/C14H9NO2.H3N/c16-13-11-8-4-7-10(12(11)14(17)15-13)9-5-2-1-3-6-9;/h1-8H,(H,15,16,17);1H3. The molecule has 4 nitrogen and oxygen atoms in total. The third-order valence-electron chi connectivity index (χ3n) is 2.85. The molecule has 0 saturated heterocycles. The van der Waals surface area contributed by atoms with E-state index in [2.05, 4.69) is 5.32 Å². The van der Waals surface area contributed by atoms with Crippen LogP contribution in [-0.4, -0.2) is 11.8 Å². The summed E-state index contributed by atoms with van der Waals surface area (Å²) in [5, 5.41) is 2.31. The maximum absolute atomic E-state index is 11.7. The number of fused-ring (bicyclic) bond motifs is 1. The molecule has 0 aromatic heterocycles. The van der Waals surface area contributed by atoms with Crippen molar-refractivity contribution in [2.45, 2.75) is 0 Å². The number of nitrogens with one attached hydrogen (secondary N) is 1. The molecule has 1 aliphatic rings. The molecular weight excluding hydrogens is 228 g/mol. The van der Waals surface area contributed by atoms with Crippen molar-refractivity contribution in [1.82, 2.24) is 11.5 Å². The van der Waals surface area contributed by atoms with E-state index >= 15 is 0 Å². The molecule has 18 heavy (non-hydrogen) atoms. The molecule has 0 aliphatic carbocycles. The first kappa shape index (κ1) is 12.0. The highest BCUT2D eigenvalue weighted by Crippen LogP contribution is 2.28. The molecule has 0 unspecified atom stereocenters. The zero-order valence-electron chi connectivity index (χ0n) is 9.64. The van der Waals surface area contributed by atoms with Crippen LogP contribution in [0.3, 0.4) is 0 Å². The van der Waals surface area contributed by atoms with E-state index in [0.717, 1.165) is 11.1 Å². The van der Waals surface area contributed by atoms with Crippen LogP contribution >= 0.6 is 0 Å². The molecule has 90 valence electrons. The molecule has 0 radical (unpaired) electrons. The van der Waals surface area contributed by atoms with Crippen LogP contribution in [0.25, 0.3) is 11.1 Å². The van der Waals surface area contributed by atoms with Crippen LogP contribution in [-0.2, 0) is 0 Å². The second kappa shape index (κ2) is 4.43. The predicted molar refractivity (Wildman–Crippen MR) is 68.7 cm³/mol. The van der Waals surface area contributed by atoms with E-state index in [9.17, 15) is 9.59 Å². The van der Waals surface area contributed by atoms with Gasteiger partial charge in [-0.25, -0.2) is 0 Å². The number of imide groups is 1. The van der Waals surface area contributed by atoms with Gasteiger partial charge in [0.15, 0.2) is 0 Å². The fourth-order valence-corrected chi connectivity index (χ4v) is 2.08. The minimum atomic E-state index is -0.317. The molecular formula is C14H12N2O2. The molecule has 0 atom stereocenters. The molecule has 0 fully saturated rings. The third-order valence-corrected chi connectivity index (χ3v) is 2.85. The molecule has 0 spiro atoms. The summed E-state index contributed by atoms with van der Waals surface area (Å²) in [5.74, 6) is -0.632. The summed E-state index contributed by atoms with van der Waals surface area (Å²) in [6.45, 7) is 0. The van der Waals surface area contributed by atoms with Crippen LogP contribution in [0.1, 0.15) is 20.7 Å². The van der Waals surface area contributed by atoms with E-state index < -0.39 is 0 Å². The normalized spacial score (nSPS) is 12.7. The Hall–Kier alpha value is -2.46. The molecule has 2 aromatic rings. The molecule has 4 heteroatoms. The second-order valence-corrected chi connectivity index (χ2v) is 3.88. The minimum absolute atomic E-state index is 0. The highest BCUT2D eigenvalue weighted by Gasteiger charge is 2.29. The van der Waals surface area contributed by atoms with E-state index in [4.69, 9.17) is 0 Å². The maximum Gasteiger partial charge on any atom is 0.259 e. The van der Waals surface area contributed by atoms with Gasteiger partial charge in [0.25, 0.3) is 11.8 Å². The monoisotopic (exact) mass is 240 g/mol. The number of carbonyl (C=O) groups is 2. The highest BCUT2D eigenvalue weighted by molar-refractivity contribution is 6.24. The molecule has 2 aromatic carbocycles. The Kier molecular flexibility index (Phi) is 2.95. The zero-order chi connectivity index (χ0) is 11.8. The first-order chi connectivity index (χ1) is 8.27. The summed E-state index contributed by atoms with van der Waals surface area (Å²) in [5.41, 5.74) is 2.67. The Balaban J connectivity index is 0.00000120. The van der Waals surface area contributed by atoms with Crippen LogP contribution in [0.4, 0.5) is 0 Å². The lowest BCUT2D eigenvalue weighted by molar-refractivity contribution is 0.0880. The van der Waals surface area contributed by atoms with Gasteiger partial charge in [0.05, 0.1) is 11.1 Å². The summed E-state index contributed by atoms with van der Waals surface area (Å²) >= 11 is 0. The molecule has 0 bridgehead atoms. The highest BCUT2D eigenvalue weighted by atomic mass is 16.2. The topological polar surface area (TPSA) is 81.2 Å². The van der Waals surface area contributed by atoms with Gasteiger partial charge in [0.1, 0.15) is 0 Å². The van der Waals surface area contributed by atoms with Gasteiger partial charge in [-0.2, -0.15) is 0 Å². The lowest BCUT2D eigenvalue weighted by atomic mass is 9.97. The summed E-state index contributed by atoms with van der Waals surface area (Å²) in [7, 11) is 0. The largest absolute Gasteiger partial charge is 0.344 e.